The Morgan fingerprint density at radius 2 is 1.79 bits per heavy atom. The van der Waals surface area contributed by atoms with Crippen LogP contribution in [0.1, 0.15) is 47.7 Å². The Bertz CT molecular complexity index is 932. The molecular formula is C22H26FN3O3. The lowest BCUT2D eigenvalue weighted by Gasteiger charge is -2.43. The molecule has 1 aromatic heterocycles. The number of hydrogen-bond acceptors (Lipinski definition) is 3. The topological polar surface area (TPSA) is 62.6 Å². The Kier molecular flexibility index (Phi) is 4.56. The maximum atomic E-state index is 13.5. The van der Waals surface area contributed by atoms with Crippen molar-refractivity contribution in [3.05, 3.63) is 45.9 Å². The van der Waals surface area contributed by atoms with E-state index in [0.29, 0.717) is 32.6 Å². The minimum atomic E-state index is -1.00. The summed E-state index contributed by atoms with van der Waals surface area (Å²) in [7, 11) is 0. The highest BCUT2D eigenvalue weighted by molar-refractivity contribution is 5.94. The third-order valence-electron chi connectivity index (χ3n) is 6.92. The van der Waals surface area contributed by atoms with E-state index in [2.05, 4.69) is 12.2 Å². The highest BCUT2D eigenvalue weighted by atomic mass is 19.1. The molecule has 6 nitrogen and oxygen atoms in total. The quantitative estimate of drug-likeness (QED) is 0.714. The van der Waals surface area contributed by atoms with Crippen molar-refractivity contribution in [2.75, 3.05) is 26.2 Å². The lowest BCUT2D eigenvalue weighted by Crippen LogP contribution is -2.51. The minimum Gasteiger partial charge on any atom is -0.341 e. The Labute approximate surface area is 169 Å². The van der Waals surface area contributed by atoms with Gasteiger partial charge < -0.3 is 14.4 Å². The van der Waals surface area contributed by atoms with Crippen LogP contribution < -0.4 is 5.56 Å². The van der Waals surface area contributed by atoms with Crippen molar-refractivity contribution in [2.24, 2.45) is 11.8 Å². The SMILES string of the molecule is O=C(c1ccc2n(c1=O)C[C@H]1C[C@@H]2CN(C(=O)C2CC=CC2)C1)N1CC[C@H](F)C1. The van der Waals surface area contributed by atoms with E-state index in [1.54, 1.807) is 10.6 Å². The van der Waals surface area contributed by atoms with Crippen LogP contribution in [0.15, 0.2) is 29.1 Å². The van der Waals surface area contributed by atoms with Gasteiger partial charge in [0.1, 0.15) is 11.7 Å². The molecule has 2 saturated heterocycles. The Hall–Kier alpha value is -2.44. The smallest absolute Gasteiger partial charge is 0.263 e. The third kappa shape index (κ3) is 3.20. The van der Waals surface area contributed by atoms with E-state index in [1.165, 1.54) is 4.90 Å². The zero-order chi connectivity index (χ0) is 20.1. The predicted molar refractivity (Wildman–Crippen MR) is 105 cm³/mol. The molecule has 0 N–H and O–H groups in total. The number of carbonyl (C=O) groups excluding carboxylic acids is 2. The van der Waals surface area contributed by atoms with E-state index in [-0.39, 0.29) is 47.2 Å². The summed E-state index contributed by atoms with van der Waals surface area (Å²) in [5, 5.41) is 0. The molecule has 0 aromatic carbocycles. The maximum absolute atomic E-state index is 13.5. The van der Waals surface area contributed by atoms with Crippen molar-refractivity contribution in [2.45, 2.75) is 44.3 Å². The molecule has 2 fully saturated rings. The van der Waals surface area contributed by atoms with Gasteiger partial charge in [0, 0.05) is 43.7 Å². The van der Waals surface area contributed by atoms with E-state index in [4.69, 9.17) is 0 Å². The van der Waals surface area contributed by atoms with Crippen molar-refractivity contribution in [1.29, 1.82) is 0 Å². The zero-order valence-corrected chi connectivity index (χ0v) is 16.4. The molecule has 7 heteroatoms. The van der Waals surface area contributed by atoms with E-state index < -0.39 is 6.17 Å². The monoisotopic (exact) mass is 399 g/mol. The summed E-state index contributed by atoms with van der Waals surface area (Å²) in [5.41, 5.74) is 0.770. The number of amides is 2. The second-order valence-electron chi connectivity index (χ2n) is 8.91. The number of nitrogens with zero attached hydrogens (tertiary/aromatic N) is 3. The van der Waals surface area contributed by atoms with Crippen LogP contribution in [0.4, 0.5) is 4.39 Å². The number of carbonyl (C=O) groups is 2. The fraction of sp³-hybridized carbons (Fsp3) is 0.591. The number of fused-ring (bicyclic) bond motifs is 4. The number of alkyl halides is 1. The van der Waals surface area contributed by atoms with E-state index in [1.807, 2.05) is 11.0 Å². The van der Waals surface area contributed by atoms with Gasteiger partial charge in [-0.25, -0.2) is 4.39 Å². The minimum absolute atomic E-state index is 0.0656. The van der Waals surface area contributed by atoms with Crippen LogP contribution in [0.25, 0.3) is 0 Å². The summed E-state index contributed by atoms with van der Waals surface area (Å²) in [6.07, 6.45) is 6.10. The Balaban J connectivity index is 1.39. The van der Waals surface area contributed by atoms with Gasteiger partial charge >= 0.3 is 0 Å². The van der Waals surface area contributed by atoms with Gasteiger partial charge in [-0.1, -0.05) is 12.2 Å². The first kappa shape index (κ1) is 18.6. The first-order valence-electron chi connectivity index (χ1n) is 10.6. The molecular weight excluding hydrogens is 373 g/mol. The molecule has 4 aliphatic rings. The standard InChI is InChI=1S/C22H26FN3O3/c23-17-7-8-24(13-17)21(28)18-5-6-19-16-9-14(11-26(19)22(18)29)10-25(12-16)20(27)15-3-1-2-4-15/h1-2,5-6,14-17H,3-4,7-13H2/t14-,16+,17-/m0/s1. The summed E-state index contributed by atoms with van der Waals surface area (Å²) >= 11 is 0. The van der Waals surface area contributed by atoms with E-state index in [9.17, 15) is 18.8 Å². The van der Waals surface area contributed by atoms with Gasteiger partial charge in [0.25, 0.3) is 11.5 Å². The molecule has 29 heavy (non-hydrogen) atoms. The van der Waals surface area contributed by atoms with Crippen molar-refractivity contribution in [3.63, 3.8) is 0 Å². The van der Waals surface area contributed by atoms with Crippen LogP contribution in [-0.4, -0.2) is 58.5 Å². The number of aromatic nitrogens is 1. The van der Waals surface area contributed by atoms with Gasteiger partial charge in [-0.05, 0) is 43.7 Å². The van der Waals surface area contributed by atoms with Crippen LogP contribution in [0.5, 0.6) is 0 Å². The maximum Gasteiger partial charge on any atom is 0.263 e. The lowest BCUT2D eigenvalue weighted by molar-refractivity contribution is -0.138. The number of hydrogen-bond donors (Lipinski definition) is 0. The normalized spacial score (nSPS) is 28.7. The molecule has 0 radical (unpaired) electrons. The third-order valence-corrected chi connectivity index (χ3v) is 6.92. The summed E-state index contributed by atoms with van der Waals surface area (Å²) < 4.78 is 15.2. The van der Waals surface area contributed by atoms with Crippen LogP contribution in [0.2, 0.25) is 0 Å². The number of allylic oxidation sites excluding steroid dienone is 2. The number of rotatable bonds is 2. The van der Waals surface area contributed by atoms with E-state index >= 15 is 0 Å². The molecule has 0 unspecified atom stereocenters. The van der Waals surface area contributed by atoms with Crippen LogP contribution in [0, 0.1) is 11.8 Å². The highest BCUT2D eigenvalue weighted by Gasteiger charge is 2.39. The van der Waals surface area contributed by atoms with E-state index in [0.717, 1.165) is 25.0 Å². The van der Waals surface area contributed by atoms with Crippen LogP contribution in [0.3, 0.4) is 0 Å². The molecule has 1 aromatic rings. The summed E-state index contributed by atoms with van der Waals surface area (Å²) in [5.74, 6) is 0.272. The lowest BCUT2D eigenvalue weighted by atomic mass is 9.82. The number of halogens is 1. The van der Waals surface area contributed by atoms with Crippen molar-refractivity contribution in [1.82, 2.24) is 14.4 Å². The molecule has 0 spiro atoms. The first-order chi connectivity index (χ1) is 14.0. The second-order valence-corrected chi connectivity index (χ2v) is 8.91. The van der Waals surface area contributed by atoms with Gasteiger partial charge in [0.2, 0.25) is 5.91 Å². The predicted octanol–water partition coefficient (Wildman–Crippen LogP) is 1.94. The molecule has 3 atom stereocenters. The molecule has 154 valence electrons. The van der Waals surface area contributed by atoms with Gasteiger partial charge in [-0.3, -0.25) is 14.4 Å². The van der Waals surface area contributed by atoms with Crippen molar-refractivity contribution < 1.29 is 14.0 Å². The highest BCUT2D eigenvalue weighted by Crippen LogP contribution is 2.36. The molecule has 3 aliphatic heterocycles. The molecule has 5 rings (SSSR count). The summed E-state index contributed by atoms with van der Waals surface area (Å²) in [6.45, 7) is 2.27. The zero-order valence-electron chi connectivity index (χ0n) is 16.4. The number of piperidine rings is 1. The van der Waals surface area contributed by atoms with Gasteiger partial charge in [-0.2, -0.15) is 0 Å². The fourth-order valence-electron chi connectivity index (χ4n) is 5.44. The summed E-state index contributed by atoms with van der Waals surface area (Å²) in [4.78, 5) is 42.1. The van der Waals surface area contributed by atoms with Gasteiger partial charge in [-0.15, -0.1) is 0 Å². The molecule has 4 heterocycles. The van der Waals surface area contributed by atoms with Gasteiger partial charge in [0.05, 0.1) is 6.54 Å². The molecule has 2 amide bonds. The first-order valence-corrected chi connectivity index (χ1v) is 10.6. The average Bonchev–Trinajstić information content (AvgIpc) is 3.39. The number of likely N-dealkylation sites (tertiary alicyclic amines) is 2. The Morgan fingerprint density at radius 1 is 1.00 bits per heavy atom. The second kappa shape index (κ2) is 7.11. The average molecular weight is 399 g/mol. The molecule has 1 aliphatic carbocycles. The van der Waals surface area contributed by atoms with Crippen molar-refractivity contribution >= 4 is 11.8 Å². The Morgan fingerprint density at radius 3 is 2.52 bits per heavy atom. The summed E-state index contributed by atoms with van der Waals surface area (Å²) in [6, 6.07) is 3.47. The van der Waals surface area contributed by atoms with Gasteiger partial charge in [0.15, 0.2) is 0 Å². The number of pyridine rings is 1. The molecule has 0 saturated carbocycles. The van der Waals surface area contributed by atoms with Crippen LogP contribution in [-0.2, 0) is 11.3 Å². The van der Waals surface area contributed by atoms with Crippen molar-refractivity contribution in [3.8, 4) is 0 Å². The van der Waals surface area contributed by atoms with Crippen LogP contribution >= 0.6 is 0 Å². The molecule has 2 bridgehead atoms. The largest absolute Gasteiger partial charge is 0.341 e. The fourth-order valence-corrected chi connectivity index (χ4v) is 5.44.